The number of nitrogens with one attached hydrogen (secondary N) is 1. The molecule has 1 aliphatic heterocycles. The molecular weight excluding hydrogens is 269 g/mol. The van der Waals surface area contributed by atoms with Gasteiger partial charge in [-0.05, 0) is 48.7 Å². The van der Waals surface area contributed by atoms with Crippen LogP contribution in [0, 0.1) is 5.82 Å². The molecule has 0 aromatic heterocycles. The second kappa shape index (κ2) is 5.44. The second-order valence-corrected chi connectivity index (χ2v) is 5.04. The number of fused-ring (bicyclic) bond motifs is 1. The number of benzene rings is 2. The van der Waals surface area contributed by atoms with E-state index >= 15 is 0 Å². The number of carbonyl (C=O) groups excluding carboxylic acids is 1. The van der Waals surface area contributed by atoms with Crippen molar-refractivity contribution in [3.63, 3.8) is 0 Å². The Bertz CT molecular complexity index is 687. The molecule has 0 aliphatic carbocycles. The Balaban J connectivity index is 1.85. The molecule has 108 valence electrons. The number of halogens is 1. The lowest BCUT2D eigenvalue weighted by molar-refractivity contribution is 0.256. The van der Waals surface area contributed by atoms with Gasteiger partial charge < -0.3 is 11.1 Å². The molecule has 0 saturated carbocycles. The number of urea groups is 1. The minimum Gasteiger partial charge on any atom is -0.398 e. The lowest BCUT2D eigenvalue weighted by atomic mass is 10.0. The standard InChI is InChI=1S/C16H16FN3O/c17-11-4-1-5-12(10-11)19-16(21)20-9-3-6-13-14(18)7-2-8-15(13)20/h1-2,4-5,7-8,10H,3,6,9,18H2,(H,19,21). The monoisotopic (exact) mass is 285 g/mol. The van der Waals surface area contributed by atoms with Crippen LogP contribution in [0.25, 0.3) is 0 Å². The molecule has 1 aliphatic rings. The summed E-state index contributed by atoms with van der Waals surface area (Å²) in [6.07, 6.45) is 1.73. The SMILES string of the molecule is Nc1cccc2c1CCCN2C(=O)Nc1cccc(F)c1. The number of anilines is 3. The third-order valence-corrected chi connectivity index (χ3v) is 3.61. The minimum atomic E-state index is -0.379. The van der Waals surface area contributed by atoms with E-state index in [-0.39, 0.29) is 11.8 Å². The summed E-state index contributed by atoms with van der Waals surface area (Å²) < 4.78 is 13.2. The van der Waals surface area contributed by atoms with Crippen LogP contribution < -0.4 is 16.0 Å². The van der Waals surface area contributed by atoms with Gasteiger partial charge in [-0.2, -0.15) is 0 Å². The second-order valence-electron chi connectivity index (χ2n) is 5.04. The summed E-state index contributed by atoms with van der Waals surface area (Å²) >= 11 is 0. The van der Waals surface area contributed by atoms with E-state index in [4.69, 9.17) is 5.73 Å². The van der Waals surface area contributed by atoms with Crippen molar-refractivity contribution >= 4 is 23.1 Å². The first kappa shape index (κ1) is 13.4. The fourth-order valence-corrected chi connectivity index (χ4v) is 2.62. The Morgan fingerprint density at radius 3 is 2.86 bits per heavy atom. The van der Waals surface area contributed by atoms with Crippen molar-refractivity contribution in [3.8, 4) is 0 Å². The van der Waals surface area contributed by atoms with Crippen molar-refractivity contribution < 1.29 is 9.18 Å². The Hall–Kier alpha value is -2.56. The van der Waals surface area contributed by atoms with Crippen molar-refractivity contribution in [3.05, 3.63) is 53.8 Å². The molecule has 0 fully saturated rings. The highest BCUT2D eigenvalue weighted by Gasteiger charge is 2.23. The van der Waals surface area contributed by atoms with Gasteiger partial charge in [0.25, 0.3) is 0 Å². The molecule has 0 radical (unpaired) electrons. The number of rotatable bonds is 1. The molecule has 2 aromatic rings. The average Bonchev–Trinajstić information content (AvgIpc) is 2.47. The quantitative estimate of drug-likeness (QED) is 0.789. The molecule has 0 atom stereocenters. The number of nitrogens with zero attached hydrogens (tertiary/aromatic N) is 1. The predicted molar refractivity (Wildman–Crippen MR) is 81.9 cm³/mol. The minimum absolute atomic E-state index is 0.271. The summed E-state index contributed by atoms with van der Waals surface area (Å²) in [6, 6.07) is 11.1. The molecule has 3 rings (SSSR count). The van der Waals surface area contributed by atoms with Crippen molar-refractivity contribution in [1.82, 2.24) is 0 Å². The normalized spacial score (nSPS) is 13.7. The van der Waals surface area contributed by atoms with Crippen LogP contribution in [-0.2, 0) is 6.42 Å². The van der Waals surface area contributed by atoms with Crippen molar-refractivity contribution in [1.29, 1.82) is 0 Å². The number of amides is 2. The van der Waals surface area contributed by atoms with E-state index in [0.29, 0.717) is 17.9 Å². The topological polar surface area (TPSA) is 58.4 Å². The zero-order chi connectivity index (χ0) is 14.8. The summed E-state index contributed by atoms with van der Waals surface area (Å²) in [5.74, 6) is -0.379. The van der Waals surface area contributed by atoms with Gasteiger partial charge in [-0.3, -0.25) is 4.90 Å². The van der Waals surface area contributed by atoms with E-state index in [2.05, 4.69) is 5.32 Å². The van der Waals surface area contributed by atoms with Crippen LogP contribution in [0.1, 0.15) is 12.0 Å². The number of nitrogens with two attached hydrogens (primary N) is 1. The number of carbonyl (C=O) groups is 1. The van der Waals surface area contributed by atoms with E-state index in [1.54, 1.807) is 17.0 Å². The Morgan fingerprint density at radius 1 is 1.24 bits per heavy atom. The first-order chi connectivity index (χ1) is 10.1. The first-order valence-electron chi connectivity index (χ1n) is 6.86. The summed E-state index contributed by atoms with van der Waals surface area (Å²) in [7, 11) is 0. The highest BCUT2D eigenvalue weighted by molar-refractivity contribution is 6.03. The van der Waals surface area contributed by atoms with E-state index in [9.17, 15) is 9.18 Å². The van der Waals surface area contributed by atoms with E-state index < -0.39 is 0 Å². The smallest absolute Gasteiger partial charge is 0.326 e. The number of hydrogen-bond donors (Lipinski definition) is 2. The zero-order valence-corrected chi connectivity index (χ0v) is 11.5. The first-order valence-corrected chi connectivity index (χ1v) is 6.86. The van der Waals surface area contributed by atoms with Crippen LogP contribution >= 0.6 is 0 Å². The summed E-state index contributed by atoms with van der Waals surface area (Å²) in [5, 5.41) is 2.72. The Morgan fingerprint density at radius 2 is 2.05 bits per heavy atom. The van der Waals surface area contributed by atoms with Gasteiger partial charge in [0.05, 0.1) is 5.69 Å². The van der Waals surface area contributed by atoms with Gasteiger partial charge in [0.1, 0.15) is 5.82 Å². The molecule has 4 nitrogen and oxygen atoms in total. The Labute approximate surface area is 122 Å². The van der Waals surface area contributed by atoms with E-state index in [0.717, 1.165) is 24.1 Å². The molecule has 21 heavy (non-hydrogen) atoms. The van der Waals surface area contributed by atoms with Gasteiger partial charge in [0.15, 0.2) is 0 Å². The largest absolute Gasteiger partial charge is 0.398 e. The van der Waals surface area contributed by atoms with Crippen LogP contribution in [0.5, 0.6) is 0 Å². The van der Waals surface area contributed by atoms with Crippen LogP contribution in [0.3, 0.4) is 0 Å². The molecule has 0 spiro atoms. The molecule has 0 bridgehead atoms. The molecular formula is C16H16FN3O. The van der Waals surface area contributed by atoms with Gasteiger partial charge in [-0.1, -0.05) is 12.1 Å². The van der Waals surface area contributed by atoms with Crippen LogP contribution in [-0.4, -0.2) is 12.6 Å². The maximum Gasteiger partial charge on any atom is 0.326 e. The number of hydrogen-bond acceptors (Lipinski definition) is 2. The lowest BCUT2D eigenvalue weighted by Gasteiger charge is -2.30. The van der Waals surface area contributed by atoms with Crippen LogP contribution in [0.4, 0.5) is 26.2 Å². The van der Waals surface area contributed by atoms with Gasteiger partial charge in [-0.15, -0.1) is 0 Å². The third-order valence-electron chi connectivity index (χ3n) is 3.61. The maximum atomic E-state index is 13.2. The van der Waals surface area contributed by atoms with E-state index in [1.807, 2.05) is 18.2 Å². The predicted octanol–water partition coefficient (Wildman–Crippen LogP) is 3.39. The maximum absolute atomic E-state index is 13.2. The van der Waals surface area contributed by atoms with Gasteiger partial charge in [0, 0.05) is 17.9 Å². The average molecular weight is 285 g/mol. The fourth-order valence-electron chi connectivity index (χ4n) is 2.62. The summed E-state index contributed by atoms with van der Waals surface area (Å²) in [6.45, 7) is 0.623. The van der Waals surface area contributed by atoms with Gasteiger partial charge in [-0.25, -0.2) is 9.18 Å². The third kappa shape index (κ3) is 2.67. The summed E-state index contributed by atoms with van der Waals surface area (Å²) in [4.78, 5) is 14.1. The Kier molecular flexibility index (Phi) is 3.48. The molecule has 0 saturated heterocycles. The molecule has 0 unspecified atom stereocenters. The van der Waals surface area contributed by atoms with E-state index in [1.165, 1.54) is 12.1 Å². The number of nitrogen functional groups attached to an aromatic ring is 1. The highest BCUT2D eigenvalue weighted by Crippen LogP contribution is 2.31. The summed E-state index contributed by atoms with van der Waals surface area (Å²) in [5.41, 5.74) is 8.94. The molecule has 2 amide bonds. The zero-order valence-electron chi connectivity index (χ0n) is 11.5. The van der Waals surface area contributed by atoms with Crippen LogP contribution in [0.15, 0.2) is 42.5 Å². The van der Waals surface area contributed by atoms with Crippen LogP contribution in [0.2, 0.25) is 0 Å². The molecule has 1 heterocycles. The van der Waals surface area contributed by atoms with Crippen molar-refractivity contribution in [2.75, 3.05) is 22.5 Å². The van der Waals surface area contributed by atoms with Gasteiger partial charge in [0.2, 0.25) is 0 Å². The highest BCUT2D eigenvalue weighted by atomic mass is 19.1. The molecule has 2 aromatic carbocycles. The lowest BCUT2D eigenvalue weighted by Crippen LogP contribution is -2.38. The molecule has 3 N–H and O–H groups in total. The van der Waals surface area contributed by atoms with Crippen molar-refractivity contribution in [2.45, 2.75) is 12.8 Å². The fraction of sp³-hybridized carbons (Fsp3) is 0.188. The van der Waals surface area contributed by atoms with Gasteiger partial charge >= 0.3 is 6.03 Å². The molecule has 5 heteroatoms. The van der Waals surface area contributed by atoms with Crippen molar-refractivity contribution in [2.24, 2.45) is 0 Å².